The second-order valence-electron chi connectivity index (χ2n) is 4.02. The lowest BCUT2D eigenvalue weighted by molar-refractivity contribution is 0.0595. The van der Waals surface area contributed by atoms with Crippen molar-refractivity contribution in [2.75, 3.05) is 20.3 Å². The van der Waals surface area contributed by atoms with Crippen LogP contribution in [-0.4, -0.2) is 32.2 Å². The Kier molecular flexibility index (Phi) is 6.36. The molecule has 0 aliphatic rings. The highest BCUT2D eigenvalue weighted by Crippen LogP contribution is 2.29. The zero-order valence-corrected chi connectivity index (χ0v) is 12.1. The van der Waals surface area contributed by atoms with E-state index < -0.39 is 6.10 Å². The summed E-state index contributed by atoms with van der Waals surface area (Å²) >= 11 is 0. The number of carbonyl (C=O) groups is 1. The molecule has 0 bridgehead atoms. The summed E-state index contributed by atoms with van der Waals surface area (Å²) in [7, 11) is 1.55. The van der Waals surface area contributed by atoms with Gasteiger partial charge in [-0.25, -0.2) is 0 Å². The van der Waals surface area contributed by atoms with Gasteiger partial charge in [0.25, 0.3) is 0 Å². The van der Waals surface area contributed by atoms with Gasteiger partial charge >= 0.3 is 0 Å². The third-order valence-electron chi connectivity index (χ3n) is 2.78. The van der Waals surface area contributed by atoms with E-state index in [-0.39, 0.29) is 5.78 Å². The molecule has 106 valence electrons. The van der Waals surface area contributed by atoms with Crippen molar-refractivity contribution in [1.82, 2.24) is 0 Å². The van der Waals surface area contributed by atoms with Crippen LogP contribution in [0.4, 0.5) is 0 Å². The molecule has 1 aromatic rings. The molecule has 0 N–H and O–H groups in total. The predicted octanol–water partition coefficient (Wildman–Crippen LogP) is 3.09. The highest BCUT2D eigenvalue weighted by atomic mass is 16.5. The molecule has 0 aliphatic carbocycles. The smallest absolute Gasteiger partial charge is 0.191 e. The van der Waals surface area contributed by atoms with Crippen molar-refractivity contribution < 1.29 is 19.0 Å². The molecule has 0 spiro atoms. The second kappa shape index (κ2) is 7.79. The van der Waals surface area contributed by atoms with E-state index in [0.717, 1.165) is 0 Å². The minimum atomic E-state index is -0.410. The molecule has 1 aromatic carbocycles. The molecule has 0 fully saturated rings. The van der Waals surface area contributed by atoms with Crippen LogP contribution in [-0.2, 0) is 4.74 Å². The fourth-order valence-electron chi connectivity index (χ4n) is 1.85. The van der Waals surface area contributed by atoms with E-state index in [9.17, 15) is 4.79 Å². The molecule has 1 rings (SSSR count). The summed E-state index contributed by atoms with van der Waals surface area (Å²) in [5.74, 6) is 1.22. The van der Waals surface area contributed by atoms with Gasteiger partial charge in [-0.1, -0.05) is 6.92 Å². The van der Waals surface area contributed by atoms with Crippen LogP contribution in [0.1, 0.15) is 37.6 Å². The number of hydrogen-bond acceptors (Lipinski definition) is 4. The van der Waals surface area contributed by atoms with Crippen LogP contribution in [0, 0.1) is 0 Å². The van der Waals surface area contributed by atoms with Crippen molar-refractivity contribution >= 4 is 5.78 Å². The summed E-state index contributed by atoms with van der Waals surface area (Å²) in [4.78, 5) is 12.2. The Morgan fingerprint density at radius 2 is 1.74 bits per heavy atom. The number of Topliss-reactive ketones (excluding diaryl/α,β-unsaturated/α-hetero) is 1. The first-order valence-corrected chi connectivity index (χ1v) is 6.64. The minimum Gasteiger partial charge on any atom is -0.490 e. The number of ether oxygens (including phenoxy) is 3. The number of methoxy groups -OCH3 is 1. The summed E-state index contributed by atoms with van der Waals surface area (Å²) < 4.78 is 16.2. The summed E-state index contributed by atoms with van der Waals surface area (Å²) in [5.41, 5.74) is 0.584. The lowest BCUT2D eigenvalue weighted by Gasteiger charge is -2.15. The molecule has 0 saturated carbocycles. The Hall–Kier alpha value is -1.55. The Labute approximate surface area is 114 Å². The van der Waals surface area contributed by atoms with Gasteiger partial charge in [0.05, 0.1) is 13.2 Å². The Morgan fingerprint density at radius 1 is 1.11 bits per heavy atom. The van der Waals surface area contributed by atoms with Crippen molar-refractivity contribution in [3.8, 4) is 11.5 Å². The summed E-state index contributed by atoms with van der Waals surface area (Å²) in [6.45, 7) is 6.81. The third kappa shape index (κ3) is 3.96. The maximum absolute atomic E-state index is 12.2. The highest BCUT2D eigenvalue weighted by Gasteiger charge is 2.19. The quantitative estimate of drug-likeness (QED) is 0.678. The van der Waals surface area contributed by atoms with Gasteiger partial charge < -0.3 is 14.2 Å². The van der Waals surface area contributed by atoms with Crippen LogP contribution in [0.5, 0.6) is 11.5 Å². The number of ketones is 1. The van der Waals surface area contributed by atoms with E-state index >= 15 is 0 Å². The van der Waals surface area contributed by atoms with Crippen LogP contribution in [0.25, 0.3) is 0 Å². The van der Waals surface area contributed by atoms with E-state index in [4.69, 9.17) is 14.2 Å². The van der Waals surface area contributed by atoms with Crippen LogP contribution >= 0.6 is 0 Å². The third-order valence-corrected chi connectivity index (χ3v) is 2.78. The van der Waals surface area contributed by atoms with Gasteiger partial charge in [-0.05, 0) is 38.5 Å². The second-order valence-corrected chi connectivity index (χ2v) is 4.02. The van der Waals surface area contributed by atoms with Crippen LogP contribution in [0.15, 0.2) is 18.2 Å². The molecule has 4 heteroatoms. The van der Waals surface area contributed by atoms with E-state index in [1.807, 2.05) is 20.8 Å². The van der Waals surface area contributed by atoms with Crippen molar-refractivity contribution in [3.63, 3.8) is 0 Å². The summed E-state index contributed by atoms with van der Waals surface area (Å²) in [6.07, 6.45) is 0.236. The first kappa shape index (κ1) is 15.5. The lowest BCUT2D eigenvalue weighted by Crippen LogP contribution is -2.22. The van der Waals surface area contributed by atoms with E-state index in [0.29, 0.717) is 36.7 Å². The van der Waals surface area contributed by atoms with Gasteiger partial charge in [0.1, 0.15) is 6.10 Å². The average Bonchev–Trinajstić information content (AvgIpc) is 2.42. The first-order chi connectivity index (χ1) is 9.17. The van der Waals surface area contributed by atoms with Gasteiger partial charge in [0, 0.05) is 12.7 Å². The van der Waals surface area contributed by atoms with Gasteiger partial charge in [-0.3, -0.25) is 4.79 Å². The Bertz CT molecular complexity index is 411. The van der Waals surface area contributed by atoms with Crippen molar-refractivity contribution in [1.29, 1.82) is 0 Å². The molecule has 19 heavy (non-hydrogen) atoms. The maximum Gasteiger partial charge on any atom is 0.191 e. The molecule has 4 nitrogen and oxygen atoms in total. The first-order valence-electron chi connectivity index (χ1n) is 6.64. The molecule has 0 saturated heterocycles. The minimum absolute atomic E-state index is 0.0333. The van der Waals surface area contributed by atoms with Crippen molar-refractivity contribution in [2.24, 2.45) is 0 Å². The monoisotopic (exact) mass is 266 g/mol. The lowest BCUT2D eigenvalue weighted by atomic mass is 10.0. The number of rotatable bonds is 8. The molecule has 0 aliphatic heterocycles. The SMILES string of the molecule is CCOc1ccc(C(=O)C(CC)OC)cc1OCC. The van der Waals surface area contributed by atoms with E-state index in [1.54, 1.807) is 25.3 Å². The van der Waals surface area contributed by atoms with Crippen LogP contribution in [0.2, 0.25) is 0 Å². The molecule has 0 amide bonds. The average molecular weight is 266 g/mol. The van der Waals surface area contributed by atoms with Crippen LogP contribution in [0.3, 0.4) is 0 Å². The van der Waals surface area contributed by atoms with Gasteiger partial charge in [-0.15, -0.1) is 0 Å². The zero-order chi connectivity index (χ0) is 14.3. The fraction of sp³-hybridized carbons (Fsp3) is 0.533. The predicted molar refractivity (Wildman–Crippen MR) is 74.2 cm³/mol. The maximum atomic E-state index is 12.2. The van der Waals surface area contributed by atoms with Gasteiger partial charge in [0.2, 0.25) is 0 Å². The number of benzene rings is 1. The largest absolute Gasteiger partial charge is 0.490 e. The normalized spacial score (nSPS) is 12.0. The Morgan fingerprint density at radius 3 is 2.26 bits per heavy atom. The highest BCUT2D eigenvalue weighted by molar-refractivity contribution is 6.00. The molecular weight excluding hydrogens is 244 g/mol. The molecule has 1 unspecified atom stereocenters. The van der Waals surface area contributed by atoms with E-state index in [2.05, 4.69) is 0 Å². The fourth-order valence-corrected chi connectivity index (χ4v) is 1.85. The number of carbonyl (C=O) groups excluding carboxylic acids is 1. The van der Waals surface area contributed by atoms with Gasteiger partial charge in [0.15, 0.2) is 17.3 Å². The zero-order valence-electron chi connectivity index (χ0n) is 12.1. The van der Waals surface area contributed by atoms with Crippen LogP contribution < -0.4 is 9.47 Å². The Balaban J connectivity index is 3.03. The molecule has 1 atom stereocenters. The summed E-state index contributed by atoms with van der Waals surface area (Å²) in [6, 6.07) is 5.24. The van der Waals surface area contributed by atoms with E-state index in [1.165, 1.54) is 0 Å². The standard InChI is InChI=1S/C15H22O4/c1-5-12(17-4)15(16)11-8-9-13(18-6-2)14(10-11)19-7-3/h8-10,12H,5-7H2,1-4H3. The van der Waals surface area contributed by atoms with Gasteiger partial charge in [-0.2, -0.15) is 0 Å². The van der Waals surface area contributed by atoms with Crippen molar-refractivity contribution in [3.05, 3.63) is 23.8 Å². The molecular formula is C15H22O4. The molecule has 0 heterocycles. The summed E-state index contributed by atoms with van der Waals surface area (Å²) in [5, 5.41) is 0. The number of hydrogen-bond donors (Lipinski definition) is 0. The topological polar surface area (TPSA) is 44.8 Å². The van der Waals surface area contributed by atoms with Crippen molar-refractivity contribution in [2.45, 2.75) is 33.3 Å². The molecule has 0 radical (unpaired) electrons. The molecule has 0 aromatic heterocycles.